The number of nitrogens with zero attached hydrogens (tertiary/aromatic N) is 2. The molecule has 2 atom stereocenters. The van der Waals surface area contributed by atoms with Crippen LogP contribution in [0.2, 0.25) is 0 Å². The van der Waals surface area contributed by atoms with Crippen molar-refractivity contribution in [3.8, 4) is 0 Å². The van der Waals surface area contributed by atoms with E-state index in [0.29, 0.717) is 13.0 Å². The van der Waals surface area contributed by atoms with E-state index >= 15 is 0 Å². The lowest BCUT2D eigenvalue weighted by atomic mass is 9.93. The second kappa shape index (κ2) is 5.74. The number of nitrogens with one attached hydrogen (secondary N) is 1. The predicted molar refractivity (Wildman–Crippen MR) is 72.8 cm³/mol. The van der Waals surface area contributed by atoms with Crippen molar-refractivity contribution >= 4 is 5.91 Å². The van der Waals surface area contributed by atoms with E-state index in [-0.39, 0.29) is 17.9 Å². The summed E-state index contributed by atoms with van der Waals surface area (Å²) in [6, 6.07) is 0. The van der Waals surface area contributed by atoms with Gasteiger partial charge < -0.3 is 10.0 Å². The highest BCUT2D eigenvalue weighted by atomic mass is 16.3. The molecule has 1 aliphatic heterocycles. The molecule has 5 heteroatoms. The molecule has 0 aliphatic carbocycles. The average Bonchev–Trinajstić information content (AvgIpc) is 2.70. The van der Waals surface area contributed by atoms with Crippen LogP contribution < -0.4 is 0 Å². The summed E-state index contributed by atoms with van der Waals surface area (Å²) >= 11 is 0. The standard InChI is InChI=1S/C14H23N3O2/c1-9-13(10(2)16-15-9)7-14(19)17-6-4-5-12(8-17)11(3)18/h11-12,18H,4-8H2,1-3H3,(H,15,16). The molecule has 1 aliphatic rings. The minimum Gasteiger partial charge on any atom is -0.393 e. The Bertz CT molecular complexity index is 434. The maximum Gasteiger partial charge on any atom is 0.227 e. The van der Waals surface area contributed by atoms with Crippen molar-refractivity contribution in [3.05, 3.63) is 17.0 Å². The van der Waals surface area contributed by atoms with Crippen LogP contribution in [0.25, 0.3) is 0 Å². The number of carbonyl (C=O) groups excluding carboxylic acids is 1. The molecule has 0 radical (unpaired) electrons. The highest BCUT2D eigenvalue weighted by Crippen LogP contribution is 2.21. The summed E-state index contributed by atoms with van der Waals surface area (Å²) < 4.78 is 0. The van der Waals surface area contributed by atoms with Crippen LogP contribution >= 0.6 is 0 Å². The van der Waals surface area contributed by atoms with Crippen LogP contribution in [0.1, 0.15) is 36.7 Å². The van der Waals surface area contributed by atoms with Gasteiger partial charge in [0.1, 0.15) is 0 Å². The van der Waals surface area contributed by atoms with Gasteiger partial charge in [-0.25, -0.2) is 0 Å². The van der Waals surface area contributed by atoms with Crippen LogP contribution in [0.3, 0.4) is 0 Å². The Morgan fingerprint density at radius 3 is 2.89 bits per heavy atom. The Morgan fingerprint density at radius 1 is 1.58 bits per heavy atom. The number of likely N-dealkylation sites (tertiary alicyclic amines) is 1. The summed E-state index contributed by atoms with van der Waals surface area (Å²) in [5, 5.41) is 16.7. The molecule has 1 saturated heterocycles. The molecule has 19 heavy (non-hydrogen) atoms. The zero-order valence-electron chi connectivity index (χ0n) is 11.9. The Morgan fingerprint density at radius 2 is 2.32 bits per heavy atom. The van der Waals surface area contributed by atoms with Crippen LogP contribution in [0, 0.1) is 19.8 Å². The second-order valence-corrected chi connectivity index (χ2v) is 5.57. The molecule has 2 unspecified atom stereocenters. The monoisotopic (exact) mass is 265 g/mol. The summed E-state index contributed by atoms with van der Waals surface area (Å²) in [6.07, 6.45) is 2.05. The Kier molecular flexibility index (Phi) is 4.24. The van der Waals surface area contributed by atoms with Gasteiger partial charge in [-0.05, 0) is 33.6 Å². The molecule has 0 aromatic carbocycles. The van der Waals surface area contributed by atoms with Crippen molar-refractivity contribution in [1.82, 2.24) is 15.1 Å². The number of carbonyl (C=O) groups is 1. The van der Waals surface area contributed by atoms with Gasteiger partial charge in [0.2, 0.25) is 5.91 Å². The number of amides is 1. The Balaban J connectivity index is 2.00. The summed E-state index contributed by atoms with van der Waals surface area (Å²) in [5.74, 6) is 0.349. The van der Waals surface area contributed by atoms with Gasteiger partial charge >= 0.3 is 0 Å². The third kappa shape index (κ3) is 3.15. The van der Waals surface area contributed by atoms with Gasteiger partial charge in [-0.15, -0.1) is 0 Å². The van der Waals surface area contributed by atoms with Crippen LogP contribution in [0.5, 0.6) is 0 Å². The van der Waals surface area contributed by atoms with Gasteiger partial charge in [-0.2, -0.15) is 5.10 Å². The minimum absolute atomic E-state index is 0.137. The van der Waals surface area contributed by atoms with Gasteiger partial charge in [-0.1, -0.05) is 0 Å². The molecule has 1 aromatic rings. The molecule has 2 N–H and O–H groups in total. The van der Waals surface area contributed by atoms with Crippen molar-refractivity contribution in [3.63, 3.8) is 0 Å². The van der Waals surface area contributed by atoms with E-state index < -0.39 is 0 Å². The number of hydrogen-bond donors (Lipinski definition) is 2. The molecule has 0 bridgehead atoms. The van der Waals surface area contributed by atoms with Crippen LogP contribution in [0.15, 0.2) is 0 Å². The van der Waals surface area contributed by atoms with E-state index in [1.54, 1.807) is 0 Å². The van der Waals surface area contributed by atoms with Gasteiger partial charge in [0, 0.05) is 30.3 Å². The highest BCUT2D eigenvalue weighted by molar-refractivity contribution is 5.79. The first kappa shape index (κ1) is 14.1. The number of aryl methyl sites for hydroxylation is 2. The SMILES string of the molecule is Cc1n[nH]c(C)c1CC(=O)N1CCCC(C(C)O)C1. The van der Waals surface area contributed by atoms with Gasteiger partial charge in [0.15, 0.2) is 0 Å². The number of aliphatic hydroxyl groups excluding tert-OH is 1. The fourth-order valence-electron chi connectivity index (χ4n) is 2.73. The minimum atomic E-state index is -0.340. The second-order valence-electron chi connectivity index (χ2n) is 5.57. The molecular formula is C14H23N3O2. The molecule has 1 amide bonds. The number of hydrogen-bond acceptors (Lipinski definition) is 3. The van der Waals surface area contributed by atoms with Crippen molar-refractivity contribution in [2.24, 2.45) is 5.92 Å². The molecule has 2 rings (SSSR count). The van der Waals surface area contributed by atoms with Crippen LogP contribution in [-0.2, 0) is 11.2 Å². The third-order valence-electron chi connectivity index (χ3n) is 4.10. The fourth-order valence-corrected chi connectivity index (χ4v) is 2.73. The van der Waals surface area contributed by atoms with Crippen molar-refractivity contribution in [2.45, 2.75) is 46.1 Å². The average molecular weight is 265 g/mol. The Hall–Kier alpha value is -1.36. The van der Waals surface area contributed by atoms with E-state index in [0.717, 1.165) is 36.3 Å². The van der Waals surface area contributed by atoms with Gasteiger partial charge in [0.25, 0.3) is 0 Å². The largest absolute Gasteiger partial charge is 0.393 e. The van der Waals surface area contributed by atoms with Crippen LogP contribution in [-0.4, -0.2) is 45.3 Å². The first-order chi connectivity index (χ1) is 8.99. The number of piperidine rings is 1. The lowest BCUT2D eigenvalue weighted by molar-refractivity contribution is -0.133. The molecule has 0 spiro atoms. The lowest BCUT2D eigenvalue weighted by Crippen LogP contribution is -2.43. The van der Waals surface area contributed by atoms with E-state index in [9.17, 15) is 9.90 Å². The molecular weight excluding hydrogens is 242 g/mol. The molecule has 1 fully saturated rings. The first-order valence-electron chi connectivity index (χ1n) is 6.95. The normalized spacial score (nSPS) is 21.5. The Labute approximate surface area is 114 Å². The third-order valence-corrected chi connectivity index (χ3v) is 4.10. The fraction of sp³-hybridized carbons (Fsp3) is 0.714. The van der Waals surface area contributed by atoms with E-state index in [1.165, 1.54) is 0 Å². The van der Waals surface area contributed by atoms with E-state index in [1.807, 2.05) is 25.7 Å². The topological polar surface area (TPSA) is 69.2 Å². The molecule has 0 saturated carbocycles. The number of aliphatic hydroxyl groups is 1. The number of rotatable bonds is 3. The lowest BCUT2D eigenvalue weighted by Gasteiger charge is -2.34. The summed E-state index contributed by atoms with van der Waals surface area (Å²) in [6.45, 7) is 7.14. The molecule has 1 aromatic heterocycles. The van der Waals surface area contributed by atoms with Crippen molar-refractivity contribution in [2.75, 3.05) is 13.1 Å². The van der Waals surface area contributed by atoms with Crippen molar-refractivity contribution in [1.29, 1.82) is 0 Å². The van der Waals surface area contributed by atoms with Crippen molar-refractivity contribution < 1.29 is 9.90 Å². The smallest absolute Gasteiger partial charge is 0.227 e. The summed E-state index contributed by atoms with van der Waals surface area (Å²) in [4.78, 5) is 14.2. The molecule has 5 nitrogen and oxygen atoms in total. The highest BCUT2D eigenvalue weighted by Gasteiger charge is 2.27. The zero-order chi connectivity index (χ0) is 14.0. The quantitative estimate of drug-likeness (QED) is 0.862. The van der Waals surface area contributed by atoms with Gasteiger partial charge in [-0.3, -0.25) is 9.89 Å². The predicted octanol–water partition coefficient (Wildman–Crippen LogP) is 1.19. The number of aromatic nitrogens is 2. The van der Waals surface area contributed by atoms with Crippen LogP contribution in [0.4, 0.5) is 0 Å². The maximum absolute atomic E-state index is 12.3. The number of H-pyrrole nitrogens is 1. The van der Waals surface area contributed by atoms with E-state index in [4.69, 9.17) is 0 Å². The summed E-state index contributed by atoms with van der Waals surface area (Å²) in [7, 11) is 0. The summed E-state index contributed by atoms with van der Waals surface area (Å²) in [5.41, 5.74) is 2.87. The zero-order valence-corrected chi connectivity index (χ0v) is 11.9. The van der Waals surface area contributed by atoms with Gasteiger partial charge in [0.05, 0.1) is 18.2 Å². The molecule has 106 valence electrons. The first-order valence-corrected chi connectivity index (χ1v) is 6.95. The maximum atomic E-state index is 12.3. The number of aromatic amines is 1. The van der Waals surface area contributed by atoms with E-state index in [2.05, 4.69) is 10.2 Å². The molecule has 2 heterocycles.